The van der Waals surface area contributed by atoms with Crippen molar-refractivity contribution < 1.29 is 9.18 Å². The van der Waals surface area contributed by atoms with Gasteiger partial charge in [-0.25, -0.2) is 9.37 Å². The Labute approximate surface area is 211 Å². The molecule has 0 saturated heterocycles. The van der Waals surface area contributed by atoms with E-state index < -0.39 is 11.9 Å². The highest BCUT2D eigenvalue weighted by Crippen LogP contribution is 2.30. The number of carbonyl (C=O) groups is 1. The van der Waals surface area contributed by atoms with Gasteiger partial charge in [-0.15, -0.1) is 0 Å². The van der Waals surface area contributed by atoms with E-state index in [2.05, 4.69) is 4.98 Å². The molecule has 0 aliphatic carbocycles. The van der Waals surface area contributed by atoms with Crippen LogP contribution in [0.4, 0.5) is 4.39 Å². The highest BCUT2D eigenvalue weighted by atomic mass is 19.1. The molecule has 0 radical (unpaired) electrons. The van der Waals surface area contributed by atoms with Gasteiger partial charge in [-0.2, -0.15) is 5.26 Å². The number of benzene rings is 2. The lowest BCUT2D eigenvalue weighted by molar-refractivity contribution is 0.0601. The molecule has 0 fully saturated rings. The Morgan fingerprint density at radius 1 is 1.19 bits per heavy atom. The van der Waals surface area contributed by atoms with E-state index in [9.17, 15) is 19.2 Å². The van der Waals surface area contributed by atoms with Crippen LogP contribution in [0.2, 0.25) is 0 Å². The minimum absolute atomic E-state index is 0.0255. The third-order valence-electron chi connectivity index (χ3n) is 6.23. The van der Waals surface area contributed by atoms with Gasteiger partial charge in [0.1, 0.15) is 17.7 Å². The molecule has 0 bridgehead atoms. The Kier molecular flexibility index (Phi) is 8.73. The van der Waals surface area contributed by atoms with E-state index in [1.165, 1.54) is 10.6 Å². The molecule has 36 heavy (non-hydrogen) atoms. The molecule has 1 atom stereocenters. The fourth-order valence-electron chi connectivity index (χ4n) is 4.24. The molecule has 0 spiro atoms. The van der Waals surface area contributed by atoms with Gasteiger partial charge < -0.3 is 10.6 Å². The Morgan fingerprint density at radius 3 is 2.47 bits per heavy atom. The van der Waals surface area contributed by atoms with Crippen LogP contribution in [0.25, 0.3) is 0 Å². The van der Waals surface area contributed by atoms with Gasteiger partial charge in [0.2, 0.25) is 0 Å². The van der Waals surface area contributed by atoms with Gasteiger partial charge in [0.15, 0.2) is 5.69 Å². The van der Waals surface area contributed by atoms with Gasteiger partial charge in [0.05, 0.1) is 18.2 Å². The molecule has 3 rings (SSSR count). The van der Waals surface area contributed by atoms with Crippen LogP contribution in [0.3, 0.4) is 0 Å². The second-order valence-corrected chi connectivity index (χ2v) is 9.23. The van der Waals surface area contributed by atoms with Crippen molar-refractivity contribution in [3.8, 4) is 6.07 Å². The van der Waals surface area contributed by atoms with Crippen LogP contribution in [0, 0.1) is 36.9 Å². The molecule has 3 aromatic rings. The van der Waals surface area contributed by atoms with E-state index in [-0.39, 0.29) is 47.3 Å². The molecule has 7 nitrogen and oxygen atoms in total. The van der Waals surface area contributed by atoms with Crippen molar-refractivity contribution in [2.24, 2.45) is 11.7 Å². The standard InChI is InChI=1S/C28H32FN5O2/c1-18(2)25(33(14-8-13-30)28(36)22-12-11-19(3)23(29)15-22)26-32-24(16-31)20(4)27(35)34(26)17-21-9-6-5-7-10-21/h5-7,9-12,15,18,25H,8,13-14,17,30H2,1-4H3. The molecule has 0 saturated carbocycles. The molecular formula is C28H32FN5O2. The monoisotopic (exact) mass is 489 g/mol. The first-order valence-electron chi connectivity index (χ1n) is 12.0. The highest BCUT2D eigenvalue weighted by Gasteiger charge is 2.33. The summed E-state index contributed by atoms with van der Waals surface area (Å²) in [4.78, 5) is 33.4. The van der Waals surface area contributed by atoms with E-state index in [1.807, 2.05) is 50.2 Å². The molecular weight excluding hydrogens is 457 g/mol. The summed E-state index contributed by atoms with van der Waals surface area (Å²) < 4.78 is 15.9. The number of halogens is 1. The fourth-order valence-corrected chi connectivity index (χ4v) is 4.24. The number of rotatable bonds is 9. The van der Waals surface area contributed by atoms with Crippen molar-refractivity contribution >= 4 is 5.91 Å². The van der Waals surface area contributed by atoms with E-state index >= 15 is 0 Å². The molecule has 0 aliphatic rings. The summed E-state index contributed by atoms with van der Waals surface area (Å²) in [6.07, 6.45) is 0.503. The summed E-state index contributed by atoms with van der Waals surface area (Å²) in [5.74, 6) is -0.716. The Morgan fingerprint density at radius 2 is 1.89 bits per heavy atom. The number of aryl methyl sites for hydroxylation is 1. The van der Waals surface area contributed by atoms with Crippen LogP contribution in [0.15, 0.2) is 53.3 Å². The molecule has 1 amide bonds. The van der Waals surface area contributed by atoms with Crippen molar-refractivity contribution in [1.82, 2.24) is 14.5 Å². The zero-order chi connectivity index (χ0) is 26.4. The van der Waals surface area contributed by atoms with Crippen LogP contribution in [-0.2, 0) is 6.54 Å². The third-order valence-corrected chi connectivity index (χ3v) is 6.23. The molecule has 0 aliphatic heterocycles. The number of nitriles is 1. The first-order valence-corrected chi connectivity index (χ1v) is 12.0. The number of nitrogens with zero attached hydrogens (tertiary/aromatic N) is 4. The average molecular weight is 490 g/mol. The van der Waals surface area contributed by atoms with Gasteiger partial charge in [-0.05, 0) is 56.0 Å². The average Bonchev–Trinajstić information content (AvgIpc) is 2.87. The summed E-state index contributed by atoms with van der Waals surface area (Å²) in [7, 11) is 0. The minimum Gasteiger partial charge on any atom is -0.330 e. The number of amides is 1. The number of aromatic nitrogens is 2. The maximum atomic E-state index is 14.4. The second kappa shape index (κ2) is 11.7. The summed E-state index contributed by atoms with van der Waals surface area (Å²) in [5, 5.41) is 9.69. The molecule has 1 aromatic heterocycles. The predicted molar refractivity (Wildman–Crippen MR) is 137 cm³/mol. The lowest BCUT2D eigenvalue weighted by atomic mass is 9.98. The van der Waals surface area contributed by atoms with Crippen molar-refractivity contribution in [3.05, 3.63) is 98.5 Å². The third kappa shape index (κ3) is 5.69. The van der Waals surface area contributed by atoms with Crippen LogP contribution in [0.1, 0.15) is 64.9 Å². The van der Waals surface area contributed by atoms with Crippen LogP contribution in [-0.4, -0.2) is 33.4 Å². The topological polar surface area (TPSA) is 105 Å². The Bertz CT molecular complexity index is 1330. The first-order chi connectivity index (χ1) is 17.2. The molecule has 8 heteroatoms. The number of hydrogen-bond acceptors (Lipinski definition) is 5. The van der Waals surface area contributed by atoms with Gasteiger partial charge in [0, 0.05) is 12.1 Å². The van der Waals surface area contributed by atoms with Crippen molar-refractivity contribution in [3.63, 3.8) is 0 Å². The summed E-state index contributed by atoms with van der Waals surface area (Å²) in [6, 6.07) is 15.2. The highest BCUT2D eigenvalue weighted by molar-refractivity contribution is 5.94. The number of nitrogens with two attached hydrogens (primary N) is 1. The lowest BCUT2D eigenvalue weighted by Gasteiger charge is -2.35. The fraction of sp³-hybridized carbons (Fsp3) is 0.357. The van der Waals surface area contributed by atoms with Gasteiger partial charge >= 0.3 is 0 Å². The second-order valence-electron chi connectivity index (χ2n) is 9.23. The van der Waals surface area contributed by atoms with Crippen molar-refractivity contribution in [2.75, 3.05) is 13.1 Å². The van der Waals surface area contributed by atoms with Crippen molar-refractivity contribution in [1.29, 1.82) is 5.26 Å². The summed E-state index contributed by atoms with van der Waals surface area (Å²) in [5.41, 5.74) is 7.25. The number of carbonyl (C=O) groups excluding carboxylic acids is 1. The summed E-state index contributed by atoms with van der Waals surface area (Å²) >= 11 is 0. The Balaban J connectivity index is 2.23. The van der Waals surface area contributed by atoms with Gasteiger partial charge in [0.25, 0.3) is 11.5 Å². The van der Waals surface area contributed by atoms with Crippen LogP contribution in [0.5, 0.6) is 0 Å². The van der Waals surface area contributed by atoms with E-state index in [0.717, 1.165) is 5.56 Å². The predicted octanol–water partition coefficient (Wildman–Crippen LogP) is 4.11. The molecule has 1 heterocycles. The SMILES string of the molecule is Cc1ccc(C(=O)N(CCCN)C(c2nc(C#N)c(C)c(=O)n2Cc2ccccc2)C(C)C)cc1F. The van der Waals surface area contributed by atoms with Gasteiger partial charge in [-0.3, -0.25) is 14.2 Å². The minimum atomic E-state index is -0.655. The van der Waals surface area contributed by atoms with Crippen molar-refractivity contribution in [2.45, 2.75) is 46.7 Å². The van der Waals surface area contributed by atoms with Gasteiger partial charge in [-0.1, -0.05) is 50.2 Å². The normalized spacial score (nSPS) is 11.8. The molecule has 188 valence electrons. The first kappa shape index (κ1) is 26.8. The molecule has 1 unspecified atom stereocenters. The zero-order valence-corrected chi connectivity index (χ0v) is 21.2. The Hall–Kier alpha value is -3.83. The largest absolute Gasteiger partial charge is 0.330 e. The quantitative estimate of drug-likeness (QED) is 0.487. The lowest BCUT2D eigenvalue weighted by Crippen LogP contribution is -2.43. The maximum absolute atomic E-state index is 14.4. The van der Waals surface area contributed by atoms with E-state index in [0.29, 0.717) is 24.4 Å². The summed E-state index contributed by atoms with van der Waals surface area (Å²) in [6.45, 7) is 7.92. The maximum Gasteiger partial charge on any atom is 0.258 e. The van der Waals surface area contributed by atoms with E-state index in [1.54, 1.807) is 30.9 Å². The van der Waals surface area contributed by atoms with Crippen LogP contribution >= 0.6 is 0 Å². The van der Waals surface area contributed by atoms with Crippen LogP contribution < -0.4 is 11.3 Å². The smallest absolute Gasteiger partial charge is 0.258 e. The molecule has 2 aromatic carbocycles. The zero-order valence-electron chi connectivity index (χ0n) is 21.2. The molecule has 2 N–H and O–H groups in total. The number of hydrogen-bond donors (Lipinski definition) is 1. The van der Waals surface area contributed by atoms with E-state index in [4.69, 9.17) is 5.73 Å².